The normalized spacial score (nSPS) is 11.7. The van der Waals surface area contributed by atoms with Crippen LogP contribution in [0.5, 0.6) is 5.75 Å². The van der Waals surface area contributed by atoms with Gasteiger partial charge in [0.2, 0.25) is 0 Å². The Balaban J connectivity index is 1.65. The van der Waals surface area contributed by atoms with Crippen LogP contribution in [-0.4, -0.2) is 26.2 Å². The third-order valence-corrected chi connectivity index (χ3v) is 3.60. The first-order valence-corrected chi connectivity index (χ1v) is 7.79. The van der Waals surface area contributed by atoms with E-state index in [9.17, 15) is 4.79 Å². The van der Waals surface area contributed by atoms with Crippen LogP contribution in [0.1, 0.15) is 35.4 Å². The highest BCUT2D eigenvalue weighted by molar-refractivity contribution is 5.94. The third kappa shape index (κ3) is 5.42. The van der Waals surface area contributed by atoms with Crippen molar-refractivity contribution in [2.45, 2.75) is 19.4 Å². The summed E-state index contributed by atoms with van der Waals surface area (Å²) in [7, 11) is 1.60. The van der Waals surface area contributed by atoms with Crippen molar-refractivity contribution in [2.24, 2.45) is 0 Å². The standard InChI is InChI=1S/C19H23NO3/c1-15(16-7-4-3-5-8-16)23-14-6-13-20-19(21)17-9-11-18(22-2)12-10-17/h3-5,7-12,15H,6,13-14H2,1-2H3,(H,20,21)/t15-/m0/s1. The molecule has 0 aliphatic carbocycles. The molecule has 1 amide bonds. The number of hydrogen-bond acceptors (Lipinski definition) is 3. The van der Waals surface area contributed by atoms with Crippen LogP contribution in [0, 0.1) is 0 Å². The molecule has 2 rings (SSSR count). The minimum Gasteiger partial charge on any atom is -0.497 e. The average molecular weight is 313 g/mol. The first-order chi connectivity index (χ1) is 11.2. The number of amides is 1. The zero-order valence-electron chi connectivity index (χ0n) is 13.6. The first-order valence-electron chi connectivity index (χ1n) is 7.79. The number of ether oxygens (including phenoxy) is 2. The lowest BCUT2D eigenvalue weighted by Crippen LogP contribution is -2.25. The number of benzene rings is 2. The molecule has 2 aromatic rings. The Hall–Kier alpha value is -2.33. The molecule has 0 saturated heterocycles. The van der Waals surface area contributed by atoms with E-state index in [1.165, 1.54) is 0 Å². The van der Waals surface area contributed by atoms with E-state index in [1.54, 1.807) is 31.4 Å². The van der Waals surface area contributed by atoms with Crippen molar-refractivity contribution in [3.63, 3.8) is 0 Å². The molecule has 0 heterocycles. The van der Waals surface area contributed by atoms with E-state index in [-0.39, 0.29) is 12.0 Å². The molecule has 4 heteroatoms. The number of carbonyl (C=O) groups is 1. The number of rotatable bonds is 8. The van der Waals surface area contributed by atoms with Gasteiger partial charge in [-0.05, 0) is 43.2 Å². The summed E-state index contributed by atoms with van der Waals surface area (Å²) in [6.45, 7) is 3.23. The summed E-state index contributed by atoms with van der Waals surface area (Å²) in [6.07, 6.45) is 0.840. The average Bonchev–Trinajstić information content (AvgIpc) is 2.62. The summed E-state index contributed by atoms with van der Waals surface area (Å²) in [5.74, 6) is 0.661. The molecule has 4 nitrogen and oxygen atoms in total. The number of hydrogen-bond donors (Lipinski definition) is 1. The molecule has 0 unspecified atom stereocenters. The molecule has 0 radical (unpaired) electrons. The maximum absolute atomic E-state index is 12.0. The van der Waals surface area contributed by atoms with Gasteiger partial charge >= 0.3 is 0 Å². The van der Waals surface area contributed by atoms with Crippen LogP contribution in [0.3, 0.4) is 0 Å². The van der Waals surface area contributed by atoms with E-state index in [2.05, 4.69) is 17.4 Å². The van der Waals surface area contributed by atoms with Gasteiger partial charge in [0.25, 0.3) is 5.91 Å². The third-order valence-electron chi connectivity index (χ3n) is 3.60. The summed E-state index contributed by atoms with van der Waals surface area (Å²) in [6, 6.07) is 17.2. The van der Waals surface area contributed by atoms with Gasteiger partial charge in [-0.25, -0.2) is 0 Å². The van der Waals surface area contributed by atoms with Crippen molar-refractivity contribution in [2.75, 3.05) is 20.3 Å². The molecular weight excluding hydrogens is 290 g/mol. The van der Waals surface area contributed by atoms with Crippen molar-refractivity contribution in [3.05, 3.63) is 65.7 Å². The Kier molecular flexibility index (Phi) is 6.63. The molecule has 0 aromatic heterocycles. The highest BCUT2D eigenvalue weighted by Gasteiger charge is 2.06. The molecule has 0 bridgehead atoms. The molecule has 0 fully saturated rings. The van der Waals surface area contributed by atoms with Crippen LogP contribution in [-0.2, 0) is 4.74 Å². The van der Waals surface area contributed by atoms with Crippen LogP contribution in [0.4, 0.5) is 0 Å². The largest absolute Gasteiger partial charge is 0.497 e. The highest BCUT2D eigenvalue weighted by atomic mass is 16.5. The van der Waals surface area contributed by atoms with Gasteiger partial charge in [-0.15, -0.1) is 0 Å². The van der Waals surface area contributed by atoms with E-state index in [4.69, 9.17) is 9.47 Å². The van der Waals surface area contributed by atoms with Gasteiger partial charge in [0, 0.05) is 18.7 Å². The van der Waals surface area contributed by atoms with Gasteiger partial charge in [0.1, 0.15) is 5.75 Å². The second-order valence-corrected chi connectivity index (χ2v) is 5.26. The van der Waals surface area contributed by atoms with Gasteiger partial charge in [-0.3, -0.25) is 4.79 Å². The summed E-state index contributed by atoms with van der Waals surface area (Å²) in [4.78, 5) is 12.0. The fraction of sp³-hybridized carbons (Fsp3) is 0.316. The zero-order valence-corrected chi connectivity index (χ0v) is 13.6. The predicted molar refractivity (Wildman–Crippen MR) is 90.8 cm³/mol. The van der Waals surface area contributed by atoms with Crippen LogP contribution in [0.15, 0.2) is 54.6 Å². The Morgan fingerprint density at radius 1 is 1.09 bits per heavy atom. The Morgan fingerprint density at radius 2 is 1.78 bits per heavy atom. The van der Waals surface area contributed by atoms with Crippen LogP contribution in [0.25, 0.3) is 0 Å². The maximum atomic E-state index is 12.0. The van der Waals surface area contributed by atoms with E-state index in [0.717, 1.165) is 17.7 Å². The molecule has 0 aliphatic heterocycles. The minimum absolute atomic E-state index is 0.0634. The second kappa shape index (κ2) is 8.96. The Morgan fingerprint density at radius 3 is 2.43 bits per heavy atom. The molecule has 0 spiro atoms. The van der Waals surface area contributed by atoms with E-state index in [0.29, 0.717) is 18.7 Å². The fourth-order valence-corrected chi connectivity index (χ4v) is 2.20. The molecule has 0 aliphatic rings. The van der Waals surface area contributed by atoms with Gasteiger partial charge in [-0.1, -0.05) is 30.3 Å². The first kappa shape index (κ1) is 17.0. The molecule has 23 heavy (non-hydrogen) atoms. The molecule has 1 N–H and O–H groups in total. The van der Waals surface area contributed by atoms with E-state index < -0.39 is 0 Å². The zero-order chi connectivity index (χ0) is 16.5. The lowest BCUT2D eigenvalue weighted by molar-refractivity contribution is 0.0635. The summed E-state index contributed by atoms with van der Waals surface area (Å²) < 4.78 is 10.9. The van der Waals surface area contributed by atoms with Gasteiger partial charge < -0.3 is 14.8 Å². The van der Waals surface area contributed by atoms with Crippen LogP contribution in [0.2, 0.25) is 0 Å². The Labute approximate surface area is 137 Å². The van der Waals surface area contributed by atoms with Crippen molar-refractivity contribution in [1.29, 1.82) is 0 Å². The SMILES string of the molecule is COc1ccc(C(=O)NCCCO[C@@H](C)c2ccccc2)cc1. The molecule has 2 aromatic carbocycles. The molecular formula is C19H23NO3. The lowest BCUT2D eigenvalue weighted by Gasteiger charge is -2.13. The van der Waals surface area contributed by atoms with Crippen LogP contribution >= 0.6 is 0 Å². The quantitative estimate of drug-likeness (QED) is 0.758. The van der Waals surface area contributed by atoms with E-state index in [1.807, 2.05) is 25.1 Å². The monoisotopic (exact) mass is 313 g/mol. The molecule has 0 saturated carbocycles. The summed E-state index contributed by atoms with van der Waals surface area (Å²) >= 11 is 0. The smallest absolute Gasteiger partial charge is 0.251 e. The summed E-state index contributed by atoms with van der Waals surface area (Å²) in [5, 5.41) is 2.89. The van der Waals surface area contributed by atoms with Crippen molar-refractivity contribution in [3.8, 4) is 5.75 Å². The molecule has 122 valence electrons. The van der Waals surface area contributed by atoms with Gasteiger partial charge in [-0.2, -0.15) is 0 Å². The van der Waals surface area contributed by atoms with Crippen molar-refractivity contribution in [1.82, 2.24) is 5.32 Å². The van der Waals surface area contributed by atoms with Crippen molar-refractivity contribution < 1.29 is 14.3 Å². The van der Waals surface area contributed by atoms with Crippen molar-refractivity contribution >= 4 is 5.91 Å². The topological polar surface area (TPSA) is 47.6 Å². The van der Waals surface area contributed by atoms with Gasteiger partial charge in [0.05, 0.1) is 13.2 Å². The lowest BCUT2D eigenvalue weighted by atomic mass is 10.1. The number of carbonyl (C=O) groups excluding carboxylic acids is 1. The van der Waals surface area contributed by atoms with E-state index >= 15 is 0 Å². The van der Waals surface area contributed by atoms with Gasteiger partial charge in [0.15, 0.2) is 0 Å². The number of methoxy groups -OCH3 is 1. The summed E-state index contributed by atoms with van der Waals surface area (Å²) in [5.41, 5.74) is 1.79. The second-order valence-electron chi connectivity index (χ2n) is 5.26. The predicted octanol–water partition coefficient (Wildman–Crippen LogP) is 3.59. The maximum Gasteiger partial charge on any atom is 0.251 e. The fourth-order valence-electron chi connectivity index (χ4n) is 2.20. The van der Waals surface area contributed by atoms with Crippen LogP contribution < -0.4 is 10.1 Å². The highest BCUT2D eigenvalue weighted by Crippen LogP contribution is 2.15. The molecule has 1 atom stereocenters. The number of nitrogens with one attached hydrogen (secondary N) is 1. The Bertz CT molecular complexity index is 596. The minimum atomic E-state index is -0.0799.